The molecule has 3 aromatic rings. The largest absolute Gasteiger partial charge is 0.463 e. The molecule has 0 bridgehead atoms. The maximum atomic E-state index is 12.7. The van der Waals surface area contributed by atoms with Gasteiger partial charge in [0, 0.05) is 22.4 Å². The summed E-state index contributed by atoms with van der Waals surface area (Å²) in [7, 11) is 0. The number of anilines is 1. The molecule has 0 saturated carbocycles. The summed E-state index contributed by atoms with van der Waals surface area (Å²) in [6.45, 7) is 4.30. The van der Waals surface area contributed by atoms with Gasteiger partial charge in [-0.25, -0.2) is 0 Å². The lowest BCUT2D eigenvalue weighted by Gasteiger charge is -2.41. The van der Waals surface area contributed by atoms with Crippen molar-refractivity contribution in [1.82, 2.24) is 0 Å². The molecular formula is C26H21NO3. The van der Waals surface area contributed by atoms with Gasteiger partial charge in [0.2, 0.25) is 17.3 Å². The highest BCUT2D eigenvalue weighted by Gasteiger charge is 2.54. The Morgan fingerprint density at radius 1 is 0.833 bits per heavy atom. The second-order valence-corrected chi connectivity index (χ2v) is 8.24. The molecule has 0 amide bonds. The maximum Gasteiger partial charge on any atom is 0.233 e. The van der Waals surface area contributed by atoms with Gasteiger partial charge < -0.3 is 10.1 Å². The van der Waals surface area contributed by atoms with E-state index in [-0.39, 0.29) is 5.41 Å². The quantitative estimate of drug-likeness (QED) is 0.486. The van der Waals surface area contributed by atoms with E-state index in [9.17, 15) is 9.59 Å². The van der Waals surface area contributed by atoms with Crippen molar-refractivity contribution in [3.8, 4) is 5.75 Å². The topological polar surface area (TPSA) is 55.4 Å². The van der Waals surface area contributed by atoms with Gasteiger partial charge in [-0.15, -0.1) is 0 Å². The molecule has 2 heterocycles. The average Bonchev–Trinajstić information content (AvgIpc) is 2.99. The Morgan fingerprint density at radius 2 is 1.53 bits per heavy atom. The van der Waals surface area contributed by atoms with Crippen LogP contribution in [0, 0.1) is 0 Å². The van der Waals surface area contributed by atoms with Gasteiger partial charge in [-0.1, -0.05) is 48.5 Å². The first-order valence-corrected chi connectivity index (χ1v) is 9.95. The van der Waals surface area contributed by atoms with Crippen molar-refractivity contribution in [1.29, 1.82) is 0 Å². The monoisotopic (exact) mass is 395 g/mol. The molecule has 148 valence electrons. The van der Waals surface area contributed by atoms with Crippen LogP contribution in [0.5, 0.6) is 5.75 Å². The third-order valence-corrected chi connectivity index (χ3v) is 6.13. The zero-order valence-electron chi connectivity index (χ0n) is 16.8. The Bertz CT molecular complexity index is 1210. The standard InChI is InChI=1S/C26H21NO3/c1-25(2)20-10-6-7-11-21(20)27-26(25)15-14-18-16-19(12-13-22(18)30-26)24(29)23(28)17-8-4-3-5-9-17/h3-16,27H,1-2H3. The predicted octanol–water partition coefficient (Wildman–Crippen LogP) is 5.26. The van der Waals surface area contributed by atoms with Gasteiger partial charge in [0.1, 0.15) is 5.75 Å². The number of hydrogen-bond donors (Lipinski definition) is 1. The highest BCUT2D eigenvalue weighted by Crippen LogP contribution is 2.50. The van der Waals surface area contributed by atoms with Gasteiger partial charge in [-0.3, -0.25) is 9.59 Å². The number of Topliss-reactive ketones (excluding diaryl/α,β-unsaturated/α-hetero) is 2. The Hall–Kier alpha value is -3.66. The van der Waals surface area contributed by atoms with Crippen LogP contribution in [0.25, 0.3) is 6.08 Å². The Labute approximate surface area is 175 Å². The van der Waals surface area contributed by atoms with Crippen LogP contribution in [-0.2, 0) is 5.41 Å². The number of benzene rings is 3. The fraction of sp³-hybridized carbons (Fsp3) is 0.154. The lowest BCUT2D eigenvalue weighted by Crippen LogP contribution is -2.53. The number of hydrogen-bond acceptors (Lipinski definition) is 4. The minimum atomic E-state index is -0.713. The zero-order valence-corrected chi connectivity index (χ0v) is 16.8. The normalized spacial score (nSPS) is 20.1. The summed E-state index contributed by atoms with van der Waals surface area (Å²) in [6.07, 6.45) is 3.96. The molecule has 5 rings (SSSR count). The molecule has 0 fully saturated rings. The first kappa shape index (κ1) is 18.4. The predicted molar refractivity (Wildman–Crippen MR) is 117 cm³/mol. The molecule has 0 aromatic heterocycles. The molecule has 4 nitrogen and oxygen atoms in total. The smallest absolute Gasteiger partial charge is 0.233 e. The average molecular weight is 395 g/mol. The number of carbonyl (C=O) groups is 2. The van der Waals surface area contributed by atoms with Crippen LogP contribution in [0.2, 0.25) is 0 Å². The van der Waals surface area contributed by atoms with Gasteiger partial charge in [-0.05, 0) is 55.8 Å². The molecule has 3 aromatic carbocycles. The first-order valence-electron chi connectivity index (χ1n) is 9.95. The van der Waals surface area contributed by atoms with Crippen molar-refractivity contribution in [2.45, 2.75) is 25.0 Å². The van der Waals surface area contributed by atoms with Gasteiger partial charge >= 0.3 is 0 Å². The molecule has 2 aliphatic heterocycles. The third kappa shape index (κ3) is 2.61. The van der Waals surface area contributed by atoms with Crippen LogP contribution in [0.15, 0.2) is 78.9 Å². The highest BCUT2D eigenvalue weighted by atomic mass is 16.5. The van der Waals surface area contributed by atoms with Crippen LogP contribution in [0.3, 0.4) is 0 Å². The van der Waals surface area contributed by atoms with Crippen molar-refractivity contribution >= 4 is 23.3 Å². The number of nitrogens with one attached hydrogen (secondary N) is 1. The number of para-hydroxylation sites is 1. The Kier molecular flexibility index (Phi) is 3.93. The summed E-state index contributed by atoms with van der Waals surface area (Å²) >= 11 is 0. The second kappa shape index (κ2) is 6.42. The van der Waals surface area contributed by atoms with E-state index in [2.05, 4.69) is 31.3 Å². The van der Waals surface area contributed by atoms with E-state index < -0.39 is 17.3 Å². The number of ether oxygens (including phenoxy) is 1. The molecule has 0 saturated heterocycles. The third-order valence-electron chi connectivity index (χ3n) is 6.13. The molecular weight excluding hydrogens is 374 g/mol. The van der Waals surface area contributed by atoms with Crippen molar-refractivity contribution in [2.75, 3.05) is 5.32 Å². The number of carbonyl (C=O) groups excluding carboxylic acids is 2. The summed E-state index contributed by atoms with van der Waals surface area (Å²) in [4.78, 5) is 25.2. The molecule has 0 aliphatic carbocycles. The van der Waals surface area contributed by atoms with Crippen LogP contribution >= 0.6 is 0 Å². The second-order valence-electron chi connectivity index (χ2n) is 8.24. The molecule has 1 unspecified atom stereocenters. The van der Waals surface area contributed by atoms with Crippen molar-refractivity contribution in [3.05, 3.63) is 101 Å². The van der Waals surface area contributed by atoms with Crippen LogP contribution in [-0.4, -0.2) is 17.3 Å². The fourth-order valence-electron chi connectivity index (χ4n) is 4.28. The molecule has 1 spiro atoms. The molecule has 1 N–H and O–H groups in total. The fourth-order valence-corrected chi connectivity index (χ4v) is 4.28. The van der Waals surface area contributed by atoms with Gasteiger partial charge in [0.15, 0.2) is 0 Å². The summed E-state index contributed by atoms with van der Waals surface area (Å²) in [6, 6.07) is 22.0. The molecule has 0 radical (unpaired) electrons. The van der Waals surface area contributed by atoms with Crippen molar-refractivity contribution < 1.29 is 14.3 Å². The summed E-state index contributed by atoms with van der Waals surface area (Å²) < 4.78 is 6.46. The Morgan fingerprint density at radius 3 is 2.30 bits per heavy atom. The van der Waals surface area contributed by atoms with Crippen LogP contribution < -0.4 is 10.1 Å². The van der Waals surface area contributed by atoms with Crippen LogP contribution in [0.1, 0.15) is 45.7 Å². The summed E-state index contributed by atoms with van der Waals surface area (Å²) in [5, 5.41) is 3.53. The maximum absolute atomic E-state index is 12.7. The van der Waals surface area contributed by atoms with E-state index in [1.165, 1.54) is 5.56 Å². The zero-order chi connectivity index (χ0) is 20.9. The summed E-state index contributed by atoms with van der Waals surface area (Å²) in [5.41, 5.74) is 2.76. The van der Waals surface area contributed by atoms with E-state index in [1.807, 2.05) is 30.4 Å². The van der Waals surface area contributed by atoms with E-state index in [4.69, 9.17) is 4.74 Å². The minimum absolute atomic E-state index is 0.296. The molecule has 2 aliphatic rings. The Balaban J connectivity index is 1.46. The van der Waals surface area contributed by atoms with E-state index in [0.717, 1.165) is 11.3 Å². The van der Waals surface area contributed by atoms with Gasteiger partial charge in [0.05, 0.1) is 5.41 Å². The van der Waals surface area contributed by atoms with Gasteiger partial charge in [-0.2, -0.15) is 0 Å². The summed E-state index contributed by atoms with van der Waals surface area (Å²) in [5.74, 6) is -0.360. The van der Waals surface area contributed by atoms with Gasteiger partial charge in [0.25, 0.3) is 0 Å². The lowest BCUT2D eigenvalue weighted by molar-refractivity contribution is 0.0809. The SMILES string of the molecule is CC1(C)c2ccccc2NC12C=Cc1cc(C(=O)C(=O)c3ccccc3)ccc1O2. The number of ketones is 2. The minimum Gasteiger partial charge on any atom is -0.463 e. The van der Waals surface area contributed by atoms with Crippen molar-refractivity contribution in [2.24, 2.45) is 0 Å². The lowest BCUT2D eigenvalue weighted by atomic mass is 9.76. The van der Waals surface area contributed by atoms with E-state index in [1.54, 1.807) is 42.5 Å². The highest BCUT2D eigenvalue weighted by molar-refractivity contribution is 6.49. The number of fused-ring (bicyclic) bond motifs is 2. The van der Waals surface area contributed by atoms with Crippen LogP contribution in [0.4, 0.5) is 5.69 Å². The van der Waals surface area contributed by atoms with Crippen molar-refractivity contribution in [3.63, 3.8) is 0 Å². The van der Waals surface area contributed by atoms with E-state index >= 15 is 0 Å². The molecule has 30 heavy (non-hydrogen) atoms. The molecule has 1 atom stereocenters. The molecule has 4 heteroatoms. The van der Waals surface area contributed by atoms with E-state index in [0.29, 0.717) is 16.9 Å². The number of rotatable bonds is 3. The first-order chi connectivity index (χ1) is 14.4.